The van der Waals surface area contributed by atoms with Crippen LogP contribution in [0.15, 0.2) is 41.6 Å². The van der Waals surface area contributed by atoms with Gasteiger partial charge in [-0.05, 0) is 44.8 Å². The molecule has 0 fully saturated rings. The van der Waals surface area contributed by atoms with Gasteiger partial charge in [0.1, 0.15) is 5.82 Å². The van der Waals surface area contributed by atoms with Gasteiger partial charge in [-0.3, -0.25) is 9.48 Å². The number of carbonyl (C=O) groups is 1. The standard InChI is InChI=1S/C18H26FN5O3S/c1-22(2)11-12-24-14-16(13-20-24)21-18(25)5-4-10-23(3)28(26,27)17-8-6-15(19)7-9-17/h6-9,13-14H,4-5,10-12H2,1-3H3,(H,21,25). The Bertz CT molecular complexity index is 881. The van der Waals surface area contributed by atoms with Gasteiger partial charge in [-0.2, -0.15) is 5.10 Å². The number of nitrogens with one attached hydrogen (secondary N) is 1. The average Bonchev–Trinajstić information content (AvgIpc) is 3.07. The van der Waals surface area contributed by atoms with Crippen LogP contribution in [0.4, 0.5) is 10.1 Å². The van der Waals surface area contributed by atoms with Gasteiger partial charge in [-0.15, -0.1) is 0 Å². The minimum Gasteiger partial charge on any atom is -0.323 e. The first kappa shape index (κ1) is 22.0. The highest BCUT2D eigenvalue weighted by Crippen LogP contribution is 2.15. The molecular weight excluding hydrogens is 385 g/mol. The largest absolute Gasteiger partial charge is 0.323 e. The summed E-state index contributed by atoms with van der Waals surface area (Å²) in [7, 11) is 1.67. The van der Waals surface area contributed by atoms with Crippen LogP contribution < -0.4 is 5.32 Å². The molecule has 0 saturated heterocycles. The smallest absolute Gasteiger partial charge is 0.242 e. The maximum absolute atomic E-state index is 13.0. The van der Waals surface area contributed by atoms with Crippen LogP contribution in [-0.4, -0.2) is 67.5 Å². The zero-order valence-corrected chi connectivity index (χ0v) is 17.1. The molecule has 1 amide bonds. The van der Waals surface area contributed by atoms with Crippen molar-refractivity contribution in [1.29, 1.82) is 0 Å². The molecule has 0 bridgehead atoms. The lowest BCUT2D eigenvalue weighted by Crippen LogP contribution is -2.28. The van der Waals surface area contributed by atoms with E-state index in [0.29, 0.717) is 12.1 Å². The van der Waals surface area contributed by atoms with Crippen LogP contribution >= 0.6 is 0 Å². The monoisotopic (exact) mass is 411 g/mol. The lowest BCUT2D eigenvalue weighted by atomic mass is 10.3. The molecule has 0 spiro atoms. The van der Waals surface area contributed by atoms with E-state index in [1.165, 1.54) is 19.2 Å². The molecule has 1 N–H and O–H groups in total. The van der Waals surface area contributed by atoms with E-state index in [4.69, 9.17) is 0 Å². The fraction of sp³-hybridized carbons (Fsp3) is 0.444. The number of sulfonamides is 1. The van der Waals surface area contributed by atoms with Gasteiger partial charge in [0.25, 0.3) is 0 Å². The molecule has 1 aromatic heterocycles. The number of amides is 1. The third kappa shape index (κ3) is 6.39. The SMILES string of the molecule is CN(C)CCn1cc(NC(=O)CCCN(C)S(=O)(=O)c2ccc(F)cc2)cn1. The predicted molar refractivity (Wildman–Crippen MR) is 105 cm³/mol. The third-order valence-corrected chi connectivity index (χ3v) is 5.96. The summed E-state index contributed by atoms with van der Waals surface area (Å²) in [5.74, 6) is -0.706. The molecule has 1 aromatic carbocycles. The van der Waals surface area contributed by atoms with Gasteiger partial charge in [0, 0.05) is 32.8 Å². The predicted octanol–water partition coefficient (Wildman–Crippen LogP) is 1.62. The number of rotatable bonds is 10. The highest BCUT2D eigenvalue weighted by Gasteiger charge is 2.20. The van der Waals surface area contributed by atoms with Gasteiger partial charge < -0.3 is 10.2 Å². The van der Waals surface area contributed by atoms with Crippen molar-refractivity contribution in [2.24, 2.45) is 0 Å². The first-order chi connectivity index (χ1) is 13.2. The van der Waals surface area contributed by atoms with Crippen LogP contribution in [-0.2, 0) is 21.4 Å². The van der Waals surface area contributed by atoms with Crippen LogP contribution in [0.25, 0.3) is 0 Å². The van der Waals surface area contributed by atoms with Crippen LogP contribution in [0, 0.1) is 5.82 Å². The Balaban J connectivity index is 1.79. The Morgan fingerprint density at radius 2 is 1.86 bits per heavy atom. The van der Waals surface area contributed by atoms with Crippen molar-refractivity contribution in [3.63, 3.8) is 0 Å². The summed E-state index contributed by atoms with van der Waals surface area (Å²) in [6.07, 6.45) is 3.87. The van der Waals surface area contributed by atoms with Crippen molar-refractivity contribution < 1.29 is 17.6 Å². The van der Waals surface area contributed by atoms with Crippen molar-refractivity contribution in [3.8, 4) is 0 Å². The molecule has 0 aliphatic carbocycles. The quantitative estimate of drug-likeness (QED) is 0.642. The summed E-state index contributed by atoms with van der Waals surface area (Å²) in [5, 5.41) is 6.94. The van der Waals surface area contributed by atoms with E-state index in [-0.39, 0.29) is 23.8 Å². The molecule has 2 aromatic rings. The second kappa shape index (κ2) is 9.76. The van der Waals surface area contributed by atoms with E-state index < -0.39 is 15.8 Å². The summed E-state index contributed by atoms with van der Waals surface area (Å²) in [4.78, 5) is 14.1. The minimum absolute atomic E-state index is 0.0194. The number of hydrogen-bond acceptors (Lipinski definition) is 5. The Labute approximate surface area is 165 Å². The third-order valence-electron chi connectivity index (χ3n) is 4.09. The van der Waals surface area contributed by atoms with Gasteiger partial charge in [0.2, 0.25) is 15.9 Å². The normalized spacial score (nSPS) is 11.9. The summed E-state index contributed by atoms with van der Waals surface area (Å²) in [6, 6.07) is 4.66. The molecule has 10 heteroatoms. The zero-order chi connectivity index (χ0) is 20.7. The lowest BCUT2D eigenvalue weighted by molar-refractivity contribution is -0.116. The van der Waals surface area contributed by atoms with Gasteiger partial charge in [-0.1, -0.05) is 0 Å². The van der Waals surface area contributed by atoms with Crippen LogP contribution in [0.3, 0.4) is 0 Å². The van der Waals surface area contributed by atoms with Gasteiger partial charge in [-0.25, -0.2) is 17.1 Å². The number of aromatic nitrogens is 2. The highest BCUT2D eigenvalue weighted by atomic mass is 32.2. The zero-order valence-electron chi connectivity index (χ0n) is 16.3. The van der Waals surface area contributed by atoms with Crippen molar-refractivity contribution in [3.05, 3.63) is 42.5 Å². The Hall–Kier alpha value is -2.30. The topological polar surface area (TPSA) is 87.5 Å². The first-order valence-corrected chi connectivity index (χ1v) is 10.3. The number of carbonyl (C=O) groups excluding carboxylic acids is 1. The highest BCUT2D eigenvalue weighted by molar-refractivity contribution is 7.89. The maximum atomic E-state index is 13.0. The molecule has 0 radical (unpaired) electrons. The van der Waals surface area contributed by atoms with Crippen molar-refractivity contribution in [2.45, 2.75) is 24.3 Å². The van der Waals surface area contributed by atoms with E-state index >= 15 is 0 Å². The van der Waals surface area contributed by atoms with Crippen LogP contribution in [0.5, 0.6) is 0 Å². The first-order valence-electron chi connectivity index (χ1n) is 8.87. The van der Waals surface area contributed by atoms with E-state index in [0.717, 1.165) is 29.5 Å². The molecule has 1 heterocycles. The molecule has 154 valence electrons. The maximum Gasteiger partial charge on any atom is 0.242 e. The van der Waals surface area contributed by atoms with Crippen LogP contribution in [0.2, 0.25) is 0 Å². The number of anilines is 1. The summed E-state index contributed by atoms with van der Waals surface area (Å²) in [6.45, 7) is 1.73. The molecule has 2 rings (SSSR count). The number of likely N-dealkylation sites (N-methyl/N-ethyl adjacent to an activating group) is 1. The Kier molecular flexibility index (Phi) is 7.67. The summed E-state index contributed by atoms with van der Waals surface area (Å²) in [5.41, 5.74) is 0.607. The van der Waals surface area contributed by atoms with Gasteiger partial charge >= 0.3 is 0 Å². The molecule has 8 nitrogen and oxygen atoms in total. The fourth-order valence-electron chi connectivity index (χ4n) is 2.45. The Morgan fingerprint density at radius 3 is 2.50 bits per heavy atom. The summed E-state index contributed by atoms with van der Waals surface area (Å²) >= 11 is 0. The number of halogens is 1. The number of hydrogen-bond donors (Lipinski definition) is 1. The lowest BCUT2D eigenvalue weighted by Gasteiger charge is -2.17. The Morgan fingerprint density at radius 1 is 1.18 bits per heavy atom. The van der Waals surface area contributed by atoms with Crippen molar-refractivity contribution in [2.75, 3.05) is 39.5 Å². The molecule has 0 atom stereocenters. The average molecular weight is 412 g/mol. The molecular formula is C18H26FN5O3S. The van der Waals surface area contributed by atoms with Crippen LogP contribution in [0.1, 0.15) is 12.8 Å². The van der Waals surface area contributed by atoms with Gasteiger partial charge in [0.05, 0.1) is 23.3 Å². The van der Waals surface area contributed by atoms with E-state index in [1.54, 1.807) is 17.1 Å². The molecule has 0 unspecified atom stereocenters. The molecule has 0 aliphatic rings. The molecule has 0 saturated carbocycles. The van der Waals surface area contributed by atoms with E-state index in [9.17, 15) is 17.6 Å². The number of nitrogens with zero attached hydrogens (tertiary/aromatic N) is 4. The molecule has 0 aliphatic heterocycles. The van der Waals surface area contributed by atoms with E-state index in [2.05, 4.69) is 10.4 Å². The number of benzene rings is 1. The molecule has 28 heavy (non-hydrogen) atoms. The minimum atomic E-state index is -3.70. The van der Waals surface area contributed by atoms with Crippen molar-refractivity contribution in [1.82, 2.24) is 19.0 Å². The van der Waals surface area contributed by atoms with Crippen molar-refractivity contribution >= 4 is 21.6 Å². The van der Waals surface area contributed by atoms with Gasteiger partial charge in [0.15, 0.2) is 0 Å². The second-order valence-electron chi connectivity index (χ2n) is 6.73. The summed E-state index contributed by atoms with van der Waals surface area (Å²) < 4.78 is 40.7. The second-order valence-corrected chi connectivity index (χ2v) is 8.77. The van der Waals surface area contributed by atoms with E-state index in [1.807, 2.05) is 19.0 Å². The fourth-order valence-corrected chi connectivity index (χ4v) is 3.65.